The number of amides is 1. The Morgan fingerprint density at radius 1 is 1.32 bits per heavy atom. The summed E-state index contributed by atoms with van der Waals surface area (Å²) in [6, 6.07) is 9.53. The molecule has 1 unspecified atom stereocenters. The Kier molecular flexibility index (Phi) is 3.87. The summed E-state index contributed by atoms with van der Waals surface area (Å²) in [6.45, 7) is 2.11. The van der Waals surface area contributed by atoms with Crippen molar-refractivity contribution in [2.24, 2.45) is 5.92 Å². The fraction of sp³-hybridized carbons (Fsp3) is 0.316. The Morgan fingerprint density at radius 2 is 2.08 bits per heavy atom. The maximum Gasteiger partial charge on any atom is 0.264 e. The molecular formula is C19H20N4O2. The summed E-state index contributed by atoms with van der Waals surface area (Å²) in [5.41, 5.74) is 1.96. The summed E-state index contributed by atoms with van der Waals surface area (Å²) >= 11 is 0. The van der Waals surface area contributed by atoms with Crippen LogP contribution >= 0.6 is 0 Å². The van der Waals surface area contributed by atoms with E-state index in [1.54, 1.807) is 36.3 Å². The molecule has 6 heteroatoms. The van der Waals surface area contributed by atoms with E-state index in [0.717, 1.165) is 24.3 Å². The van der Waals surface area contributed by atoms with E-state index in [9.17, 15) is 4.79 Å². The van der Waals surface area contributed by atoms with Crippen molar-refractivity contribution in [3.8, 4) is 5.75 Å². The highest BCUT2D eigenvalue weighted by Gasteiger charge is 2.36. The molecule has 1 aromatic carbocycles. The summed E-state index contributed by atoms with van der Waals surface area (Å²) in [5.74, 6) is 1.24. The van der Waals surface area contributed by atoms with Gasteiger partial charge in [0.05, 0.1) is 13.3 Å². The molecule has 1 amide bonds. The van der Waals surface area contributed by atoms with Gasteiger partial charge in [-0.3, -0.25) is 4.79 Å². The van der Waals surface area contributed by atoms with Crippen LogP contribution in [0, 0.1) is 5.92 Å². The molecule has 4 rings (SSSR count). The number of methoxy groups -OCH3 is 1. The lowest BCUT2D eigenvalue weighted by Gasteiger charge is -2.29. The van der Waals surface area contributed by atoms with E-state index < -0.39 is 0 Å². The number of anilines is 1. The molecule has 1 aliphatic carbocycles. The van der Waals surface area contributed by atoms with Crippen LogP contribution in [-0.4, -0.2) is 33.7 Å². The number of hydrogen-bond donors (Lipinski definition) is 0. The first-order valence-corrected chi connectivity index (χ1v) is 8.45. The number of fused-ring (bicyclic) bond motifs is 1. The van der Waals surface area contributed by atoms with Gasteiger partial charge in [-0.1, -0.05) is 0 Å². The molecule has 25 heavy (non-hydrogen) atoms. The van der Waals surface area contributed by atoms with Crippen molar-refractivity contribution in [3.05, 3.63) is 54.5 Å². The van der Waals surface area contributed by atoms with Crippen LogP contribution in [0.5, 0.6) is 5.75 Å². The van der Waals surface area contributed by atoms with E-state index in [0.29, 0.717) is 17.1 Å². The lowest BCUT2D eigenvalue weighted by Crippen LogP contribution is -2.40. The van der Waals surface area contributed by atoms with Gasteiger partial charge in [0.15, 0.2) is 5.65 Å². The maximum absolute atomic E-state index is 13.3. The summed E-state index contributed by atoms with van der Waals surface area (Å²) in [6.07, 6.45) is 7.39. The van der Waals surface area contributed by atoms with Gasteiger partial charge >= 0.3 is 0 Å². The molecule has 3 aromatic rings. The molecule has 0 aliphatic heterocycles. The molecule has 0 spiro atoms. The monoisotopic (exact) mass is 336 g/mol. The van der Waals surface area contributed by atoms with Crippen molar-refractivity contribution in [3.63, 3.8) is 0 Å². The first-order chi connectivity index (χ1) is 12.2. The van der Waals surface area contributed by atoms with Crippen LogP contribution in [-0.2, 0) is 0 Å². The minimum atomic E-state index is -0.0710. The molecule has 128 valence electrons. The van der Waals surface area contributed by atoms with Gasteiger partial charge in [-0.2, -0.15) is 5.10 Å². The zero-order valence-electron chi connectivity index (χ0n) is 14.3. The molecular weight excluding hydrogens is 316 g/mol. The number of nitrogens with zero attached hydrogens (tertiary/aromatic N) is 4. The Morgan fingerprint density at radius 3 is 2.76 bits per heavy atom. The van der Waals surface area contributed by atoms with E-state index >= 15 is 0 Å². The quantitative estimate of drug-likeness (QED) is 0.718. The summed E-state index contributed by atoms with van der Waals surface area (Å²) < 4.78 is 6.86. The van der Waals surface area contributed by atoms with Gasteiger partial charge in [-0.05, 0) is 56.0 Å². The minimum Gasteiger partial charge on any atom is -0.497 e. The van der Waals surface area contributed by atoms with Crippen LogP contribution in [0.2, 0.25) is 0 Å². The van der Waals surface area contributed by atoms with Gasteiger partial charge in [0.1, 0.15) is 11.3 Å². The summed E-state index contributed by atoms with van der Waals surface area (Å²) in [7, 11) is 1.63. The SMILES string of the molecule is COc1ccc(N(C(=O)c2cnn3cccnc23)C(C)C2CC2)cc1. The number of benzene rings is 1. The molecule has 0 N–H and O–H groups in total. The molecule has 6 nitrogen and oxygen atoms in total. The van der Waals surface area contributed by atoms with Crippen molar-refractivity contribution < 1.29 is 9.53 Å². The molecule has 0 bridgehead atoms. The first-order valence-electron chi connectivity index (χ1n) is 8.45. The highest BCUT2D eigenvalue weighted by molar-refractivity contribution is 6.10. The average molecular weight is 336 g/mol. The normalized spacial score (nSPS) is 15.1. The van der Waals surface area contributed by atoms with Gasteiger partial charge in [0, 0.05) is 24.1 Å². The second-order valence-electron chi connectivity index (χ2n) is 6.40. The summed E-state index contributed by atoms with van der Waals surface area (Å²) in [5, 5.41) is 4.25. The smallest absolute Gasteiger partial charge is 0.264 e. The van der Waals surface area contributed by atoms with E-state index in [-0.39, 0.29) is 11.9 Å². The van der Waals surface area contributed by atoms with E-state index in [1.807, 2.05) is 29.2 Å². The van der Waals surface area contributed by atoms with E-state index in [2.05, 4.69) is 17.0 Å². The standard InChI is InChI=1S/C19H20N4O2/c1-13(14-4-5-14)23(15-6-8-16(25-2)9-7-15)19(24)17-12-21-22-11-3-10-20-18(17)22/h3,6-14H,4-5H2,1-2H3. The second-order valence-corrected chi connectivity index (χ2v) is 6.40. The topological polar surface area (TPSA) is 59.7 Å². The van der Waals surface area contributed by atoms with Crippen LogP contribution in [0.1, 0.15) is 30.1 Å². The molecule has 2 heterocycles. The zero-order chi connectivity index (χ0) is 17.4. The van der Waals surface area contributed by atoms with Crippen molar-refractivity contribution in [2.45, 2.75) is 25.8 Å². The van der Waals surface area contributed by atoms with Crippen molar-refractivity contribution >= 4 is 17.2 Å². The first kappa shape index (κ1) is 15.6. The van der Waals surface area contributed by atoms with Crippen LogP contribution in [0.3, 0.4) is 0 Å². The van der Waals surface area contributed by atoms with Gasteiger partial charge < -0.3 is 9.64 Å². The molecule has 1 atom stereocenters. The van der Waals surface area contributed by atoms with Gasteiger partial charge in [-0.25, -0.2) is 9.50 Å². The number of aromatic nitrogens is 3. The number of ether oxygens (including phenoxy) is 1. The van der Waals surface area contributed by atoms with Crippen LogP contribution < -0.4 is 9.64 Å². The van der Waals surface area contributed by atoms with Gasteiger partial charge in [0.2, 0.25) is 0 Å². The summed E-state index contributed by atoms with van der Waals surface area (Å²) in [4.78, 5) is 19.5. The fourth-order valence-corrected chi connectivity index (χ4v) is 3.18. The predicted molar refractivity (Wildman–Crippen MR) is 95.0 cm³/mol. The number of carbonyl (C=O) groups is 1. The minimum absolute atomic E-state index is 0.0710. The van der Waals surface area contributed by atoms with Crippen molar-refractivity contribution in [2.75, 3.05) is 12.0 Å². The van der Waals surface area contributed by atoms with Crippen LogP contribution in [0.25, 0.3) is 5.65 Å². The third kappa shape index (κ3) is 2.84. The molecule has 1 aliphatic rings. The molecule has 0 radical (unpaired) electrons. The highest BCUT2D eigenvalue weighted by Crippen LogP contribution is 2.38. The number of rotatable bonds is 5. The lowest BCUT2D eigenvalue weighted by molar-refractivity contribution is 0.0977. The predicted octanol–water partition coefficient (Wildman–Crippen LogP) is 3.18. The highest BCUT2D eigenvalue weighted by atomic mass is 16.5. The van der Waals surface area contributed by atoms with Gasteiger partial charge in [0.25, 0.3) is 5.91 Å². The Hall–Kier alpha value is -2.89. The number of carbonyl (C=O) groups excluding carboxylic acids is 1. The molecule has 2 aromatic heterocycles. The van der Waals surface area contributed by atoms with E-state index in [1.165, 1.54) is 0 Å². The van der Waals surface area contributed by atoms with Gasteiger partial charge in [-0.15, -0.1) is 0 Å². The third-order valence-corrected chi connectivity index (χ3v) is 4.79. The Bertz CT molecular complexity index is 899. The lowest BCUT2D eigenvalue weighted by atomic mass is 10.1. The zero-order valence-corrected chi connectivity index (χ0v) is 14.3. The Balaban J connectivity index is 1.75. The average Bonchev–Trinajstić information content (AvgIpc) is 3.41. The van der Waals surface area contributed by atoms with Crippen molar-refractivity contribution in [1.82, 2.24) is 14.6 Å². The van der Waals surface area contributed by atoms with Crippen LogP contribution in [0.15, 0.2) is 48.9 Å². The maximum atomic E-state index is 13.3. The Labute approximate surface area is 146 Å². The fourth-order valence-electron chi connectivity index (χ4n) is 3.18. The largest absolute Gasteiger partial charge is 0.497 e. The second kappa shape index (κ2) is 6.20. The number of hydrogen-bond acceptors (Lipinski definition) is 4. The molecule has 0 saturated heterocycles. The van der Waals surface area contributed by atoms with Crippen molar-refractivity contribution in [1.29, 1.82) is 0 Å². The third-order valence-electron chi connectivity index (χ3n) is 4.79. The van der Waals surface area contributed by atoms with E-state index in [4.69, 9.17) is 4.74 Å². The van der Waals surface area contributed by atoms with Crippen LogP contribution in [0.4, 0.5) is 5.69 Å². The molecule has 1 saturated carbocycles. The molecule has 1 fully saturated rings.